The Hall–Kier alpha value is -2.24. The first kappa shape index (κ1) is 13.4. The fraction of sp³-hybridized carbons (Fsp3) is 0.500. The lowest BCUT2D eigenvalue weighted by Gasteiger charge is -2.16. The Morgan fingerprint density at radius 3 is 3.00 bits per heavy atom. The number of carbonyl (C=O) groups excluding carboxylic acids is 1. The predicted octanol–water partition coefficient (Wildman–Crippen LogP) is 1.57. The third kappa shape index (κ3) is 2.73. The van der Waals surface area contributed by atoms with E-state index in [1.807, 2.05) is 21.7 Å². The van der Waals surface area contributed by atoms with Gasteiger partial charge in [0.2, 0.25) is 5.91 Å². The SMILES string of the molecule is O=C(Cc1cccnc1)N1CC[C@H](n2cc(C3CC3)nn2)C1. The molecule has 2 aliphatic rings. The first-order valence-electron chi connectivity index (χ1n) is 7.88. The van der Waals surface area contributed by atoms with Crippen LogP contribution < -0.4 is 0 Å². The van der Waals surface area contributed by atoms with Crippen LogP contribution in [0.3, 0.4) is 0 Å². The number of likely N-dealkylation sites (tertiary alicyclic amines) is 1. The lowest BCUT2D eigenvalue weighted by Crippen LogP contribution is -2.30. The van der Waals surface area contributed by atoms with Gasteiger partial charge in [-0.15, -0.1) is 5.10 Å². The molecule has 4 rings (SSSR count). The highest BCUT2D eigenvalue weighted by atomic mass is 16.2. The molecule has 0 unspecified atom stereocenters. The molecule has 2 fully saturated rings. The number of hydrogen-bond donors (Lipinski definition) is 0. The molecule has 0 radical (unpaired) electrons. The van der Waals surface area contributed by atoms with Gasteiger partial charge in [-0.1, -0.05) is 11.3 Å². The highest BCUT2D eigenvalue weighted by molar-refractivity contribution is 5.79. The predicted molar refractivity (Wildman–Crippen MR) is 80.2 cm³/mol. The van der Waals surface area contributed by atoms with Gasteiger partial charge in [0.25, 0.3) is 0 Å². The van der Waals surface area contributed by atoms with Crippen LogP contribution in [0.1, 0.15) is 42.5 Å². The minimum absolute atomic E-state index is 0.165. The van der Waals surface area contributed by atoms with Gasteiger partial charge in [-0.3, -0.25) is 9.78 Å². The number of rotatable bonds is 4. The van der Waals surface area contributed by atoms with Gasteiger partial charge in [0.15, 0.2) is 0 Å². The van der Waals surface area contributed by atoms with Crippen LogP contribution in [0, 0.1) is 0 Å². The largest absolute Gasteiger partial charge is 0.340 e. The molecule has 1 aliphatic carbocycles. The summed E-state index contributed by atoms with van der Waals surface area (Å²) >= 11 is 0. The van der Waals surface area contributed by atoms with Crippen LogP contribution in [-0.4, -0.2) is 43.9 Å². The molecule has 22 heavy (non-hydrogen) atoms. The topological polar surface area (TPSA) is 63.9 Å². The summed E-state index contributed by atoms with van der Waals surface area (Å²) in [6, 6.07) is 4.07. The van der Waals surface area contributed by atoms with Gasteiger partial charge in [0.1, 0.15) is 0 Å². The fourth-order valence-electron chi connectivity index (χ4n) is 3.01. The molecule has 1 aliphatic heterocycles. The van der Waals surface area contributed by atoms with Gasteiger partial charge < -0.3 is 4.90 Å². The van der Waals surface area contributed by atoms with Gasteiger partial charge in [-0.05, 0) is 30.9 Å². The normalized spacial score (nSPS) is 21.3. The Balaban J connectivity index is 1.37. The standard InChI is InChI=1S/C16H19N5O/c22-16(8-12-2-1-6-17-9-12)20-7-5-14(10-20)21-11-15(18-19-21)13-3-4-13/h1-2,6,9,11,13-14H,3-5,7-8,10H2/t14-/m0/s1. The van der Waals surface area contributed by atoms with Crippen molar-refractivity contribution in [3.05, 3.63) is 42.0 Å². The van der Waals surface area contributed by atoms with Crippen molar-refractivity contribution in [2.75, 3.05) is 13.1 Å². The van der Waals surface area contributed by atoms with Gasteiger partial charge in [-0.25, -0.2) is 4.68 Å². The lowest BCUT2D eigenvalue weighted by molar-refractivity contribution is -0.129. The molecule has 1 amide bonds. The minimum Gasteiger partial charge on any atom is -0.340 e. The zero-order valence-electron chi connectivity index (χ0n) is 12.4. The molecule has 3 heterocycles. The second kappa shape index (κ2) is 5.51. The molecule has 0 N–H and O–H groups in total. The number of hydrogen-bond acceptors (Lipinski definition) is 4. The summed E-state index contributed by atoms with van der Waals surface area (Å²) in [5, 5.41) is 8.52. The average molecular weight is 297 g/mol. The molecular formula is C16H19N5O. The number of carbonyl (C=O) groups is 1. The van der Waals surface area contributed by atoms with E-state index in [1.165, 1.54) is 12.8 Å². The Kier molecular flexibility index (Phi) is 3.36. The second-order valence-corrected chi connectivity index (χ2v) is 6.22. The van der Waals surface area contributed by atoms with Crippen molar-refractivity contribution in [1.82, 2.24) is 24.9 Å². The second-order valence-electron chi connectivity index (χ2n) is 6.22. The first-order chi connectivity index (χ1) is 10.8. The van der Waals surface area contributed by atoms with Crippen LogP contribution in [0.25, 0.3) is 0 Å². The van der Waals surface area contributed by atoms with E-state index < -0.39 is 0 Å². The summed E-state index contributed by atoms with van der Waals surface area (Å²) < 4.78 is 1.95. The van der Waals surface area contributed by atoms with Crippen LogP contribution in [0.2, 0.25) is 0 Å². The molecule has 6 nitrogen and oxygen atoms in total. The van der Waals surface area contributed by atoms with Gasteiger partial charge in [0.05, 0.1) is 18.2 Å². The molecule has 6 heteroatoms. The number of pyridine rings is 1. The summed E-state index contributed by atoms with van der Waals surface area (Å²) in [6.07, 6.45) is 9.39. The third-order valence-electron chi connectivity index (χ3n) is 4.49. The number of amides is 1. The van der Waals surface area contributed by atoms with Gasteiger partial charge in [0, 0.05) is 37.6 Å². The third-order valence-corrected chi connectivity index (χ3v) is 4.49. The Morgan fingerprint density at radius 2 is 2.23 bits per heavy atom. The average Bonchev–Trinajstić information content (AvgIpc) is 3.08. The Labute approximate surface area is 129 Å². The molecule has 1 saturated heterocycles. The van der Waals surface area contributed by atoms with Crippen LogP contribution in [0.4, 0.5) is 0 Å². The maximum absolute atomic E-state index is 12.4. The van der Waals surface area contributed by atoms with Crippen molar-refractivity contribution < 1.29 is 4.79 Å². The van der Waals surface area contributed by atoms with E-state index in [0.717, 1.165) is 30.8 Å². The highest BCUT2D eigenvalue weighted by Crippen LogP contribution is 2.39. The summed E-state index contributed by atoms with van der Waals surface area (Å²) in [5.41, 5.74) is 2.08. The van der Waals surface area contributed by atoms with Crippen molar-refractivity contribution in [3.63, 3.8) is 0 Å². The van der Waals surface area contributed by atoms with Crippen LogP contribution in [0.15, 0.2) is 30.7 Å². The van der Waals surface area contributed by atoms with E-state index in [4.69, 9.17) is 0 Å². The van der Waals surface area contributed by atoms with E-state index in [9.17, 15) is 4.79 Å². The molecule has 114 valence electrons. The van der Waals surface area contributed by atoms with Gasteiger partial charge >= 0.3 is 0 Å². The fourth-order valence-corrected chi connectivity index (χ4v) is 3.01. The molecule has 1 atom stereocenters. The van der Waals surface area contributed by atoms with E-state index in [2.05, 4.69) is 21.5 Å². The van der Waals surface area contributed by atoms with Crippen molar-refractivity contribution in [2.24, 2.45) is 0 Å². The molecule has 2 aromatic rings. The molecule has 0 spiro atoms. The van der Waals surface area contributed by atoms with E-state index in [1.54, 1.807) is 12.4 Å². The number of aromatic nitrogens is 4. The quantitative estimate of drug-likeness (QED) is 0.859. The first-order valence-corrected chi connectivity index (χ1v) is 7.88. The van der Waals surface area contributed by atoms with Crippen LogP contribution >= 0.6 is 0 Å². The van der Waals surface area contributed by atoms with Crippen molar-refractivity contribution in [1.29, 1.82) is 0 Å². The summed E-state index contributed by atoms with van der Waals surface area (Å²) in [7, 11) is 0. The Bertz CT molecular complexity index is 664. The molecule has 2 aromatic heterocycles. The highest BCUT2D eigenvalue weighted by Gasteiger charge is 2.31. The molecule has 0 bridgehead atoms. The van der Waals surface area contributed by atoms with E-state index >= 15 is 0 Å². The van der Waals surface area contributed by atoms with E-state index in [0.29, 0.717) is 12.3 Å². The van der Waals surface area contributed by atoms with Crippen molar-refractivity contribution in [3.8, 4) is 0 Å². The maximum atomic E-state index is 12.4. The number of nitrogens with zero attached hydrogens (tertiary/aromatic N) is 5. The van der Waals surface area contributed by atoms with Crippen molar-refractivity contribution >= 4 is 5.91 Å². The minimum atomic E-state index is 0.165. The molecule has 1 saturated carbocycles. The maximum Gasteiger partial charge on any atom is 0.227 e. The molecular weight excluding hydrogens is 278 g/mol. The van der Waals surface area contributed by atoms with Crippen molar-refractivity contribution in [2.45, 2.75) is 37.6 Å². The summed E-state index contributed by atoms with van der Waals surface area (Å²) in [4.78, 5) is 18.4. The van der Waals surface area contributed by atoms with E-state index in [-0.39, 0.29) is 11.9 Å². The summed E-state index contributed by atoms with van der Waals surface area (Å²) in [5.74, 6) is 0.788. The zero-order chi connectivity index (χ0) is 14.9. The lowest BCUT2D eigenvalue weighted by atomic mass is 10.2. The van der Waals surface area contributed by atoms with Crippen LogP contribution in [0.5, 0.6) is 0 Å². The monoisotopic (exact) mass is 297 g/mol. The molecule has 0 aromatic carbocycles. The van der Waals surface area contributed by atoms with Crippen LogP contribution in [-0.2, 0) is 11.2 Å². The smallest absolute Gasteiger partial charge is 0.227 e. The Morgan fingerprint density at radius 1 is 1.32 bits per heavy atom. The zero-order valence-corrected chi connectivity index (χ0v) is 12.4. The summed E-state index contributed by atoms with van der Waals surface area (Å²) in [6.45, 7) is 1.52. The van der Waals surface area contributed by atoms with Gasteiger partial charge in [-0.2, -0.15) is 0 Å².